The first-order valence-corrected chi connectivity index (χ1v) is 12.2. The maximum absolute atomic E-state index is 13.4. The summed E-state index contributed by atoms with van der Waals surface area (Å²) in [4.78, 5) is 57.4. The number of anilines is 4. The van der Waals surface area contributed by atoms with Gasteiger partial charge >= 0.3 is 0 Å². The van der Waals surface area contributed by atoms with Gasteiger partial charge in [-0.3, -0.25) is 19.2 Å². The van der Waals surface area contributed by atoms with Gasteiger partial charge < -0.3 is 20.9 Å². The van der Waals surface area contributed by atoms with Gasteiger partial charge in [0, 0.05) is 35.1 Å². The number of aromatic nitrogens is 1. The Labute approximate surface area is 212 Å². The summed E-state index contributed by atoms with van der Waals surface area (Å²) >= 11 is 0. The van der Waals surface area contributed by atoms with Crippen molar-refractivity contribution in [3.63, 3.8) is 0 Å². The van der Waals surface area contributed by atoms with Gasteiger partial charge in [0.1, 0.15) is 12.4 Å². The lowest BCUT2D eigenvalue weighted by atomic mass is 9.77. The molecule has 37 heavy (non-hydrogen) atoms. The van der Waals surface area contributed by atoms with Crippen LogP contribution in [-0.4, -0.2) is 35.2 Å². The van der Waals surface area contributed by atoms with E-state index in [9.17, 15) is 19.2 Å². The zero-order valence-electron chi connectivity index (χ0n) is 20.1. The highest BCUT2D eigenvalue weighted by Gasteiger charge is 2.53. The van der Waals surface area contributed by atoms with Crippen molar-refractivity contribution in [1.82, 2.24) is 4.98 Å². The minimum absolute atomic E-state index is 0.0484. The van der Waals surface area contributed by atoms with Crippen LogP contribution in [0.1, 0.15) is 35.6 Å². The molecule has 3 aromatic rings. The van der Waals surface area contributed by atoms with Gasteiger partial charge in [-0.05, 0) is 61.2 Å². The van der Waals surface area contributed by atoms with E-state index in [0.29, 0.717) is 35.7 Å². The molecule has 0 saturated carbocycles. The van der Waals surface area contributed by atoms with Crippen LogP contribution in [0.5, 0.6) is 0 Å². The highest BCUT2D eigenvalue weighted by molar-refractivity contribution is 6.17. The van der Waals surface area contributed by atoms with Gasteiger partial charge in [-0.2, -0.15) is 0 Å². The summed E-state index contributed by atoms with van der Waals surface area (Å²) in [6.45, 7) is 1.60. The van der Waals surface area contributed by atoms with Crippen LogP contribution in [0.4, 0.5) is 22.9 Å². The van der Waals surface area contributed by atoms with Crippen LogP contribution in [0.15, 0.2) is 54.7 Å². The number of nitrogens with zero attached hydrogens (tertiary/aromatic N) is 2. The number of rotatable bonds is 3. The molecule has 0 radical (unpaired) electrons. The third-order valence-electron chi connectivity index (χ3n) is 8.16. The predicted octanol–water partition coefficient (Wildman–Crippen LogP) is 2.66. The maximum Gasteiger partial charge on any atom is 0.244 e. The molecule has 184 valence electrons. The maximum atomic E-state index is 13.4. The third-order valence-corrected chi connectivity index (χ3v) is 8.16. The second-order valence-corrected chi connectivity index (χ2v) is 10.5. The fourth-order valence-corrected chi connectivity index (χ4v) is 6.49. The van der Waals surface area contributed by atoms with E-state index in [4.69, 9.17) is 0 Å². The first-order chi connectivity index (χ1) is 17.8. The third kappa shape index (κ3) is 2.94. The minimum atomic E-state index is -0.983. The lowest BCUT2D eigenvalue weighted by Gasteiger charge is -2.29. The zero-order valence-corrected chi connectivity index (χ0v) is 20.1. The van der Waals surface area contributed by atoms with E-state index >= 15 is 0 Å². The summed E-state index contributed by atoms with van der Waals surface area (Å²) in [5.41, 5.74) is 3.94. The molecular weight excluding hydrogens is 470 g/mol. The lowest BCUT2D eigenvalue weighted by Crippen LogP contribution is -2.45. The fraction of sp³-hybridized carbons (Fsp3) is 0.250. The Kier molecular flexibility index (Phi) is 4.26. The van der Waals surface area contributed by atoms with Gasteiger partial charge in [-0.15, -0.1) is 0 Å². The molecule has 1 aromatic heterocycles. The van der Waals surface area contributed by atoms with E-state index in [-0.39, 0.29) is 36.6 Å². The summed E-state index contributed by atoms with van der Waals surface area (Å²) < 4.78 is 0. The second kappa shape index (κ2) is 7.25. The first kappa shape index (κ1) is 21.7. The van der Waals surface area contributed by atoms with E-state index in [1.807, 2.05) is 30.3 Å². The number of hydrogen-bond donors (Lipinski definition) is 3. The molecule has 2 atom stereocenters. The van der Waals surface area contributed by atoms with Crippen molar-refractivity contribution < 1.29 is 19.2 Å². The van der Waals surface area contributed by atoms with Crippen molar-refractivity contribution in [1.29, 1.82) is 0 Å². The molecule has 2 unspecified atom stereocenters. The molecule has 4 aliphatic rings. The van der Waals surface area contributed by atoms with Crippen molar-refractivity contribution >= 4 is 46.5 Å². The Hall–Kier alpha value is -4.53. The number of amides is 4. The number of fused-ring (bicyclic) bond motifs is 3. The SMILES string of the molecule is CC12CC(=O)Nc3cccc(c31)N(CC(=O)Nc1ccc3c(c1)CC1(C3)C(=O)Nc3ncccc31)C2=O. The van der Waals surface area contributed by atoms with Crippen molar-refractivity contribution in [2.75, 3.05) is 27.4 Å². The molecule has 0 bridgehead atoms. The quantitative estimate of drug-likeness (QED) is 0.518. The summed E-state index contributed by atoms with van der Waals surface area (Å²) in [7, 11) is 0. The molecule has 1 spiro atoms. The smallest absolute Gasteiger partial charge is 0.244 e. The molecule has 1 aliphatic carbocycles. The molecule has 2 aromatic carbocycles. The van der Waals surface area contributed by atoms with Crippen LogP contribution in [0.2, 0.25) is 0 Å². The minimum Gasteiger partial charge on any atom is -0.326 e. The van der Waals surface area contributed by atoms with Crippen LogP contribution in [0.25, 0.3) is 0 Å². The van der Waals surface area contributed by atoms with Crippen LogP contribution in [0.3, 0.4) is 0 Å². The van der Waals surface area contributed by atoms with Crippen LogP contribution in [-0.2, 0) is 42.8 Å². The molecule has 0 saturated heterocycles. The predicted molar refractivity (Wildman–Crippen MR) is 136 cm³/mol. The Morgan fingerprint density at radius 2 is 1.86 bits per heavy atom. The van der Waals surface area contributed by atoms with Crippen LogP contribution in [0, 0.1) is 0 Å². The zero-order chi connectivity index (χ0) is 25.5. The van der Waals surface area contributed by atoms with Crippen molar-refractivity contribution in [2.45, 2.75) is 37.0 Å². The number of carbonyl (C=O) groups is 4. The largest absolute Gasteiger partial charge is 0.326 e. The number of carbonyl (C=O) groups excluding carboxylic acids is 4. The van der Waals surface area contributed by atoms with E-state index in [1.54, 1.807) is 31.3 Å². The van der Waals surface area contributed by atoms with Crippen molar-refractivity contribution in [3.05, 3.63) is 77.0 Å². The topological polar surface area (TPSA) is 120 Å². The van der Waals surface area contributed by atoms with Crippen molar-refractivity contribution in [3.8, 4) is 0 Å². The van der Waals surface area contributed by atoms with Gasteiger partial charge in [0.15, 0.2) is 0 Å². The van der Waals surface area contributed by atoms with Crippen LogP contribution < -0.4 is 20.9 Å². The summed E-state index contributed by atoms with van der Waals surface area (Å²) in [5, 5.41) is 8.65. The standard InChI is InChI=1S/C28H23N5O4/c1-27-13-21(34)31-19-5-2-6-20(23(19)27)33(26(27)37)14-22(35)30-17-8-7-15-11-28(12-16(15)10-17)18-4-3-9-29-24(18)32-25(28)36/h2-10H,11-14H2,1H3,(H,30,35)(H,31,34)(H,29,32,36). The fourth-order valence-electron chi connectivity index (χ4n) is 6.49. The van der Waals surface area contributed by atoms with E-state index < -0.39 is 10.8 Å². The highest BCUT2D eigenvalue weighted by Crippen LogP contribution is 2.50. The molecule has 0 fully saturated rings. The summed E-state index contributed by atoms with van der Waals surface area (Å²) in [6, 6.07) is 14.8. The Bertz CT molecular complexity index is 1580. The summed E-state index contributed by atoms with van der Waals surface area (Å²) in [5.74, 6) is -0.247. The molecule has 9 nitrogen and oxygen atoms in total. The molecule has 7 rings (SSSR count). The summed E-state index contributed by atoms with van der Waals surface area (Å²) in [6.07, 6.45) is 2.82. The number of nitrogens with one attached hydrogen (secondary N) is 3. The van der Waals surface area contributed by atoms with Gasteiger partial charge in [-0.1, -0.05) is 18.2 Å². The monoisotopic (exact) mass is 493 g/mol. The molecule has 3 N–H and O–H groups in total. The normalized spacial score (nSPS) is 24.5. The molecular formula is C28H23N5O4. The number of pyridine rings is 1. The Morgan fingerprint density at radius 3 is 2.73 bits per heavy atom. The van der Waals surface area contributed by atoms with E-state index in [1.165, 1.54) is 4.90 Å². The molecule has 9 heteroatoms. The van der Waals surface area contributed by atoms with Gasteiger partial charge in [0.05, 0.1) is 16.5 Å². The molecule has 4 amide bonds. The van der Waals surface area contributed by atoms with Gasteiger partial charge in [-0.25, -0.2) is 4.98 Å². The number of benzene rings is 2. The van der Waals surface area contributed by atoms with Gasteiger partial charge in [0.25, 0.3) is 0 Å². The van der Waals surface area contributed by atoms with Gasteiger partial charge in [0.2, 0.25) is 23.6 Å². The second-order valence-electron chi connectivity index (χ2n) is 10.5. The molecule has 4 heterocycles. The lowest BCUT2D eigenvalue weighted by molar-refractivity contribution is -0.128. The Morgan fingerprint density at radius 1 is 1.03 bits per heavy atom. The highest BCUT2D eigenvalue weighted by atomic mass is 16.2. The number of hydrogen-bond acceptors (Lipinski definition) is 5. The Balaban J connectivity index is 1.12. The average Bonchev–Trinajstić information content (AvgIpc) is 3.45. The van der Waals surface area contributed by atoms with Crippen LogP contribution >= 0.6 is 0 Å². The van der Waals surface area contributed by atoms with Crippen molar-refractivity contribution in [2.24, 2.45) is 0 Å². The molecule has 3 aliphatic heterocycles. The first-order valence-electron chi connectivity index (χ1n) is 12.2. The van der Waals surface area contributed by atoms with E-state index in [2.05, 4.69) is 20.9 Å². The van der Waals surface area contributed by atoms with E-state index in [0.717, 1.165) is 22.3 Å². The average molecular weight is 494 g/mol.